The molecule has 1 aliphatic rings. The quantitative estimate of drug-likeness (QED) is 0.281. The van der Waals surface area contributed by atoms with Gasteiger partial charge in [-0.25, -0.2) is 0 Å². The van der Waals surface area contributed by atoms with Crippen LogP contribution in [0, 0.1) is 0 Å². The average Bonchev–Trinajstić information content (AvgIpc) is 2.84. The van der Waals surface area contributed by atoms with Gasteiger partial charge in [0.15, 0.2) is 0 Å². The summed E-state index contributed by atoms with van der Waals surface area (Å²) in [4.78, 5) is 4.81. The molecule has 150 valence electrons. The second-order valence-electron chi connectivity index (χ2n) is 7.37. The SMILES string of the molecule is Brc1ccc(N=CC2=C(c3ccccc3)Oc3ccccc3[C@H]2c2ccccc2)cc1. The van der Waals surface area contributed by atoms with Gasteiger partial charge in [-0.2, -0.15) is 0 Å². The number of aliphatic imine (C=N–C) groups is 1. The summed E-state index contributed by atoms with van der Waals surface area (Å²) in [6.07, 6.45) is 1.96. The van der Waals surface area contributed by atoms with E-state index in [4.69, 9.17) is 9.73 Å². The molecule has 0 N–H and O–H groups in total. The van der Waals surface area contributed by atoms with Gasteiger partial charge in [-0.1, -0.05) is 94.8 Å². The van der Waals surface area contributed by atoms with Crippen molar-refractivity contribution in [1.82, 2.24) is 0 Å². The van der Waals surface area contributed by atoms with Gasteiger partial charge >= 0.3 is 0 Å². The molecule has 2 nitrogen and oxygen atoms in total. The van der Waals surface area contributed by atoms with Crippen LogP contribution in [0.3, 0.4) is 0 Å². The van der Waals surface area contributed by atoms with Crippen molar-refractivity contribution in [3.63, 3.8) is 0 Å². The van der Waals surface area contributed by atoms with Gasteiger partial charge in [-0.3, -0.25) is 4.99 Å². The van der Waals surface area contributed by atoms with E-state index in [1.165, 1.54) is 5.56 Å². The fourth-order valence-electron chi connectivity index (χ4n) is 3.90. The molecule has 0 radical (unpaired) electrons. The Balaban J connectivity index is 1.71. The van der Waals surface area contributed by atoms with Crippen LogP contribution in [0.1, 0.15) is 22.6 Å². The summed E-state index contributed by atoms with van der Waals surface area (Å²) in [5, 5.41) is 0. The second kappa shape index (κ2) is 8.75. The van der Waals surface area contributed by atoms with Gasteiger partial charge in [-0.05, 0) is 35.9 Å². The lowest BCUT2D eigenvalue weighted by atomic mass is 9.81. The van der Waals surface area contributed by atoms with Gasteiger partial charge in [0.2, 0.25) is 0 Å². The van der Waals surface area contributed by atoms with Crippen LogP contribution in [0.25, 0.3) is 5.76 Å². The third-order valence-corrected chi connectivity index (χ3v) is 5.89. The van der Waals surface area contributed by atoms with Crippen LogP contribution < -0.4 is 4.74 Å². The third kappa shape index (κ3) is 4.10. The van der Waals surface area contributed by atoms with Gasteiger partial charge in [-0.15, -0.1) is 0 Å². The van der Waals surface area contributed by atoms with Crippen LogP contribution in [-0.2, 0) is 0 Å². The van der Waals surface area contributed by atoms with Gasteiger partial charge in [0.25, 0.3) is 0 Å². The van der Waals surface area contributed by atoms with Crippen molar-refractivity contribution in [2.24, 2.45) is 4.99 Å². The third-order valence-electron chi connectivity index (χ3n) is 5.36. The zero-order valence-electron chi connectivity index (χ0n) is 16.8. The Morgan fingerprint density at radius 1 is 0.710 bits per heavy atom. The van der Waals surface area contributed by atoms with E-state index in [-0.39, 0.29) is 5.92 Å². The van der Waals surface area contributed by atoms with E-state index in [0.29, 0.717) is 0 Å². The van der Waals surface area contributed by atoms with Crippen LogP contribution in [-0.4, -0.2) is 6.21 Å². The standard InChI is InChI=1S/C28H20BrNO/c29-22-15-17-23(18-16-22)30-19-25-27(20-9-3-1-4-10-20)24-13-7-8-14-26(24)31-28(25)21-11-5-2-6-12-21/h1-19,27H/t27-/m1/s1. The topological polar surface area (TPSA) is 21.6 Å². The van der Waals surface area contributed by atoms with Crippen molar-refractivity contribution >= 4 is 33.6 Å². The highest BCUT2D eigenvalue weighted by atomic mass is 79.9. The molecule has 0 amide bonds. The maximum absolute atomic E-state index is 6.47. The first-order chi connectivity index (χ1) is 15.3. The zero-order chi connectivity index (χ0) is 21.0. The number of ether oxygens (including phenoxy) is 1. The molecule has 0 saturated carbocycles. The number of para-hydroxylation sites is 1. The van der Waals surface area contributed by atoms with Gasteiger partial charge < -0.3 is 4.74 Å². The van der Waals surface area contributed by atoms with Crippen molar-refractivity contribution < 1.29 is 4.74 Å². The molecule has 0 aliphatic carbocycles. The lowest BCUT2D eigenvalue weighted by Crippen LogP contribution is -2.17. The van der Waals surface area contributed by atoms with Crippen molar-refractivity contribution in [2.75, 3.05) is 0 Å². The molecule has 0 saturated heterocycles. The van der Waals surface area contributed by atoms with E-state index in [1.54, 1.807) is 0 Å². The highest BCUT2D eigenvalue weighted by Gasteiger charge is 2.30. The van der Waals surface area contributed by atoms with E-state index >= 15 is 0 Å². The molecule has 0 bridgehead atoms. The Hall–Kier alpha value is -3.43. The first-order valence-electron chi connectivity index (χ1n) is 10.2. The first kappa shape index (κ1) is 19.5. The molecule has 4 aromatic carbocycles. The largest absolute Gasteiger partial charge is 0.456 e. The zero-order valence-corrected chi connectivity index (χ0v) is 18.4. The minimum atomic E-state index is 0.0283. The molecule has 0 unspecified atom stereocenters. The van der Waals surface area contributed by atoms with Crippen LogP contribution in [0.4, 0.5) is 5.69 Å². The van der Waals surface area contributed by atoms with E-state index in [9.17, 15) is 0 Å². The van der Waals surface area contributed by atoms with Crippen molar-refractivity contribution in [3.05, 3.63) is 136 Å². The highest BCUT2D eigenvalue weighted by Crippen LogP contribution is 2.45. The minimum absolute atomic E-state index is 0.0283. The molecule has 0 aromatic heterocycles. The van der Waals surface area contributed by atoms with Gasteiger partial charge in [0.1, 0.15) is 11.5 Å². The van der Waals surface area contributed by atoms with Gasteiger partial charge in [0, 0.05) is 33.3 Å². The summed E-state index contributed by atoms with van der Waals surface area (Å²) in [5.41, 5.74) is 5.33. The van der Waals surface area contributed by atoms with Crippen molar-refractivity contribution in [2.45, 2.75) is 5.92 Å². The fraction of sp³-hybridized carbons (Fsp3) is 0.0357. The molecule has 0 fully saturated rings. The number of fused-ring (bicyclic) bond motifs is 1. The molecular formula is C28H20BrNO. The van der Waals surface area contributed by atoms with Crippen LogP contribution in [0.15, 0.2) is 124 Å². The molecule has 0 spiro atoms. The predicted octanol–water partition coefficient (Wildman–Crippen LogP) is 7.79. The first-order valence-corrected chi connectivity index (χ1v) is 11.0. The van der Waals surface area contributed by atoms with Crippen LogP contribution in [0.2, 0.25) is 0 Å². The lowest BCUT2D eigenvalue weighted by molar-refractivity contribution is 0.489. The number of halogens is 1. The fourth-order valence-corrected chi connectivity index (χ4v) is 4.17. The number of benzene rings is 4. The monoisotopic (exact) mass is 465 g/mol. The average molecular weight is 466 g/mol. The van der Waals surface area contributed by atoms with Crippen LogP contribution in [0.5, 0.6) is 5.75 Å². The Labute approximate surface area is 190 Å². The summed E-state index contributed by atoms with van der Waals surface area (Å²) >= 11 is 3.49. The Kier molecular flexibility index (Phi) is 5.51. The maximum atomic E-state index is 6.47. The predicted molar refractivity (Wildman–Crippen MR) is 131 cm³/mol. The number of nitrogens with zero attached hydrogens (tertiary/aromatic N) is 1. The van der Waals surface area contributed by atoms with Crippen molar-refractivity contribution in [1.29, 1.82) is 0 Å². The number of allylic oxidation sites excluding steroid dienone is 1. The van der Waals surface area contributed by atoms with Crippen molar-refractivity contribution in [3.8, 4) is 5.75 Å². The molecule has 1 aliphatic heterocycles. The van der Waals surface area contributed by atoms with E-state index in [0.717, 1.165) is 38.4 Å². The summed E-state index contributed by atoms with van der Waals surface area (Å²) in [6, 6.07) is 37.1. The number of hydrogen-bond acceptors (Lipinski definition) is 2. The highest BCUT2D eigenvalue weighted by molar-refractivity contribution is 9.10. The molecule has 31 heavy (non-hydrogen) atoms. The Bertz CT molecular complexity index is 1250. The second-order valence-corrected chi connectivity index (χ2v) is 8.28. The normalized spacial score (nSPS) is 15.6. The Morgan fingerprint density at radius 3 is 2.10 bits per heavy atom. The van der Waals surface area contributed by atoms with E-state index < -0.39 is 0 Å². The van der Waals surface area contributed by atoms with Gasteiger partial charge in [0.05, 0.1) is 5.69 Å². The molecule has 4 aromatic rings. The molecule has 1 atom stereocenters. The summed E-state index contributed by atoms with van der Waals surface area (Å²) in [5.74, 6) is 1.76. The maximum Gasteiger partial charge on any atom is 0.140 e. The minimum Gasteiger partial charge on any atom is -0.456 e. The van der Waals surface area contributed by atoms with E-state index in [1.807, 2.05) is 66.9 Å². The van der Waals surface area contributed by atoms with Crippen LogP contribution >= 0.6 is 15.9 Å². The summed E-state index contributed by atoms with van der Waals surface area (Å²) in [7, 11) is 0. The number of hydrogen-bond donors (Lipinski definition) is 0. The summed E-state index contributed by atoms with van der Waals surface area (Å²) in [6.45, 7) is 0. The Morgan fingerprint density at radius 2 is 1.35 bits per heavy atom. The summed E-state index contributed by atoms with van der Waals surface area (Å²) < 4.78 is 7.51. The van der Waals surface area contributed by atoms with E-state index in [2.05, 4.69) is 64.5 Å². The molecular weight excluding hydrogens is 446 g/mol. The molecule has 1 heterocycles. The number of rotatable bonds is 4. The molecule has 3 heteroatoms. The lowest BCUT2D eigenvalue weighted by Gasteiger charge is -2.30. The molecule has 5 rings (SSSR count). The smallest absolute Gasteiger partial charge is 0.140 e.